The number of ether oxygens (including phenoxy) is 1. The van der Waals surface area contributed by atoms with E-state index >= 15 is 0 Å². The summed E-state index contributed by atoms with van der Waals surface area (Å²) in [7, 11) is 0. The highest BCUT2D eigenvalue weighted by atomic mass is 35.5. The summed E-state index contributed by atoms with van der Waals surface area (Å²) in [4.78, 5) is 0. The highest BCUT2D eigenvalue weighted by Crippen LogP contribution is 2.34. The first-order valence-corrected chi connectivity index (χ1v) is 5.59. The van der Waals surface area contributed by atoms with Gasteiger partial charge < -0.3 is 4.74 Å². The van der Waals surface area contributed by atoms with Gasteiger partial charge in [0.1, 0.15) is 16.5 Å². The van der Waals surface area contributed by atoms with E-state index in [0.717, 1.165) is 0 Å². The van der Waals surface area contributed by atoms with Crippen LogP contribution in [0.2, 0.25) is 15.1 Å². The SMILES string of the molecule is Clc1c[c]c(Oc2cccc(Cl)c2Cl)cc1. The third-order valence-corrected chi connectivity index (χ3v) is 2.92. The molecule has 2 aromatic carbocycles. The predicted molar refractivity (Wildman–Crippen MR) is 66.8 cm³/mol. The largest absolute Gasteiger partial charge is 0.455 e. The Balaban J connectivity index is 2.27. The van der Waals surface area contributed by atoms with E-state index in [1.54, 1.807) is 36.4 Å². The van der Waals surface area contributed by atoms with Gasteiger partial charge in [-0.2, -0.15) is 0 Å². The van der Waals surface area contributed by atoms with Crippen molar-refractivity contribution in [3.05, 3.63) is 57.5 Å². The van der Waals surface area contributed by atoms with Gasteiger partial charge in [-0.25, -0.2) is 0 Å². The van der Waals surface area contributed by atoms with E-state index in [1.165, 1.54) is 0 Å². The van der Waals surface area contributed by atoms with Crippen LogP contribution in [0.3, 0.4) is 0 Å². The lowest BCUT2D eigenvalue weighted by molar-refractivity contribution is 0.482. The van der Waals surface area contributed by atoms with Crippen LogP contribution in [0.15, 0.2) is 36.4 Å². The molecule has 0 bridgehead atoms. The number of rotatable bonds is 2. The zero-order valence-corrected chi connectivity index (χ0v) is 10.3. The van der Waals surface area contributed by atoms with Crippen molar-refractivity contribution in [3.63, 3.8) is 0 Å². The third-order valence-electron chi connectivity index (χ3n) is 1.88. The molecule has 0 fully saturated rings. The van der Waals surface area contributed by atoms with Crippen molar-refractivity contribution in [2.45, 2.75) is 0 Å². The average Bonchev–Trinajstić information content (AvgIpc) is 2.28. The van der Waals surface area contributed by atoms with Gasteiger partial charge in [0.2, 0.25) is 0 Å². The molecule has 1 nitrogen and oxygen atoms in total. The van der Waals surface area contributed by atoms with Crippen LogP contribution in [0.5, 0.6) is 11.5 Å². The van der Waals surface area contributed by atoms with Crippen LogP contribution in [-0.4, -0.2) is 0 Å². The summed E-state index contributed by atoms with van der Waals surface area (Å²) >= 11 is 17.6. The zero-order chi connectivity index (χ0) is 11.5. The van der Waals surface area contributed by atoms with E-state index < -0.39 is 0 Å². The Kier molecular flexibility index (Phi) is 3.59. The van der Waals surface area contributed by atoms with Crippen LogP contribution in [-0.2, 0) is 0 Å². The minimum Gasteiger partial charge on any atom is -0.455 e. The van der Waals surface area contributed by atoms with Gasteiger partial charge in [0, 0.05) is 11.1 Å². The Morgan fingerprint density at radius 3 is 2.50 bits per heavy atom. The Labute approximate surface area is 109 Å². The smallest absolute Gasteiger partial charge is 0.147 e. The molecule has 2 aromatic rings. The molecule has 1 radical (unpaired) electrons. The number of halogens is 3. The van der Waals surface area contributed by atoms with Crippen LogP contribution in [0, 0.1) is 6.07 Å². The molecular weight excluding hydrogens is 266 g/mol. The summed E-state index contributed by atoms with van der Waals surface area (Å²) < 4.78 is 5.51. The summed E-state index contributed by atoms with van der Waals surface area (Å²) in [6.07, 6.45) is 0. The van der Waals surface area contributed by atoms with Crippen LogP contribution >= 0.6 is 34.8 Å². The van der Waals surface area contributed by atoms with Gasteiger partial charge in [-0.15, -0.1) is 0 Å². The molecule has 0 aliphatic heterocycles. The van der Waals surface area contributed by atoms with Crippen molar-refractivity contribution in [1.82, 2.24) is 0 Å². The average molecular weight is 273 g/mol. The molecule has 0 saturated carbocycles. The van der Waals surface area contributed by atoms with Gasteiger partial charge in [0.25, 0.3) is 0 Å². The summed E-state index contributed by atoms with van der Waals surface area (Å²) in [5.41, 5.74) is 0. The monoisotopic (exact) mass is 271 g/mol. The van der Waals surface area contributed by atoms with E-state index in [-0.39, 0.29) is 0 Å². The normalized spacial score (nSPS) is 10.2. The van der Waals surface area contributed by atoms with Crippen molar-refractivity contribution in [1.29, 1.82) is 0 Å². The molecule has 0 amide bonds. The van der Waals surface area contributed by atoms with Gasteiger partial charge in [-0.3, -0.25) is 0 Å². The summed E-state index contributed by atoms with van der Waals surface area (Å²) in [6.45, 7) is 0. The van der Waals surface area contributed by atoms with Gasteiger partial charge >= 0.3 is 0 Å². The minimum atomic E-state index is 0.382. The lowest BCUT2D eigenvalue weighted by atomic mass is 10.3. The van der Waals surface area contributed by atoms with Crippen LogP contribution in [0.25, 0.3) is 0 Å². The van der Waals surface area contributed by atoms with Gasteiger partial charge in [-0.05, 0) is 30.3 Å². The predicted octanol–water partition coefficient (Wildman–Crippen LogP) is 5.24. The first-order chi connectivity index (χ1) is 7.66. The van der Waals surface area contributed by atoms with E-state index in [0.29, 0.717) is 26.6 Å². The number of hydrogen-bond acceptors (Lipinski definition) is 1. The zero-order valence-electron chi connectivity index (χ0n) is 8.01. The van der Waals surface area contributed by atoms with Crippen molar-refractivity contribution < 1.29 is 4.74 Å². The van der Waals surface area contributed by atoms with Crippen molar-refractivity contribution >= 4 is 34.8 Å². The molecule has 81 valence electrons. The van der Waals surface area contributed by atoms with Gasteiger partial charge in [0.15, 0.2) is 0 Å². The summed E-state index contributed by atoms with van der Waals surface area (Å²) in [5, 5.41) is 1.44. The van der Waals surface area contributed by atoms with Crippen molar-refractivity contribution in [2.24, 2.45) is 0 Å². The Morgan fingerprint density at radius 1 is 1.00 bits per heavy atom. The van der Waals surface area contributed by atoms with Crippen LogP contribution in [0.4, 0.5) is 0 Å². The molecule has 4 heteroatoms. The highest BCUT2D eigenvalue weighted by Gasteiger charge is 2.06. The first kappa shape index (κ1) is 11.6. The Morgan fingerprint density at radius 2 is 1.81 bits per heavy atom. The van der Waals surface area contributed by atoms with Crippen molar-refractivity contribution in [3.8, 4) is 11.5 Å². The molecule has 0 N–H and O–H groups in total. The van der Waals surface area contributed by atoms with Crippen LogP contribution < -0.4 is 4.74 Å². The second-order valence-electron chi connectivity index (χ2n) is 3.03. The molecule has 0 aromatic heterocycles. The van der Waals surface area contributed by atoms with E-state index in [9.17, 15) is 0 Å². The fraction of sp³-hybridized carbons (Fsp3) is 0. The second-order valence-corrected chi connectivity index (χ2v) is 4.25. The summed E-state index contributed by atoms with van der Waals surface area (Å²) in [6, 6.07) is 13.1. The fourth-order valence-corrected chi connectivity index (χ4v) is 1.58. The quantitative estimate of drug-likeness (QED) is 0.726. The molecule has 0 aliphatic rings. The van der Waals surface area contributed by atoms with Gasteiger partial charge in [-0.1, -0.05) is 40.9 Å². The maximum atomic E-state index is 5.98. The van der Waals surface area contributed by atoms with Gasteiger partial charge in [0.05, 0.1) is 5.02 Å². The standard InChI is InChI=1S/C12H6Cl3O/c13-8-4-6-9(7-5-8)16-11-3-1-2-10(14)12(11)15/h1-6H. The fourth-order valence-electron chi connectivity index (χ4n) is 1.14. The van der Waals surface area contributed by atoms with E-state index in [2.05, 4.69) is 6.07 Å². The Hall–Kier alpha value is -0.890. The molecule has 2 rings (SSSR count). The molecule has 0 heterocycles. The lowest BCUT2D eigenvalue weighted by Gasteiger charge is -2.07. The third kappa shape index (κ3) is 2.62. The molecule has 0 spiro atoms. The second kappa shape index (κ2) is 4.96. The molecule has 0 saturated heterocycles. The summed E-state index contributed by atoms with van der Waals surface area (Å²) in [5.74, 6) is 1.03. The molecular formula is C12H6Cl3O. The molecule has 0 unspecified atom stereocenters. The van der Waals surface area contributed by atoms with Crippen molar-refractivity contribution in [2.75, 3.05) is 0 Å². The first-order valence-electron chi connectivity index (χ1n) is 4.46. The molecule has 16 heavy (non-hydrogen) atoms. The van der Waals surface area contributed by atoms with Crippen LogP contribution in [0.1, 0.15) is 0 Å². The minimum absolute atomic E-state index is 0.382. The topological polar surface area (TPSA) is 9.23 Å². The maximum Gasteiger partial charge on any atom is 0.147 e. The van der Waals surface area contributed by atoms with E-state index in [4.69, 9.17) is 39.5 Å². The number of benzene rings is 2. The molecule has 0 atom stereocenters. The Bertz CT molecular complexity index is 494. The maximum absolute atomic E-state index is 5.98. The number of hydrogen-bond donors (Lipinski definition) is 0. The highest BCUT2D eigenvalue weighted by molar-refractivity contribution is 6.42. The van der Waals surface area contributed by atoms with E-state index in [1.807, 2.05) is 0 Å². The lowest BCUT2D eigenvalue weighted by Crippen LogP contribution is -1.85. The molecule has 0 aliphatic carbocycles.